The largest absolute Gasteiger partial charge is 0.323 e. The number of rotatable bonds is 6. The molecule has 7 nitrogen and oxygen atoms in total. The number of nitro groups is 1. The average Bonchev–Trinajstić information content (AvgIpc) is 3.41. The number of para-hydroxylation sites is 1. The topological polar surface area (TPSA) is 89.7 Å². The van der Waals surface area contributed by atoms with Crippen molar-refractivity contribution in [1.29, 1.82) is 5.26 Å². The maximum Gasteiger partial charge on any atom is 0.271 e. The van der Waals surface area contributed by atoms with Gasteiger partial charge in [0.15, 0.2) is 0 Å². The normalized spacial score (nSPS) is 11.2. The smallest absolute Gasteiger partial charge is 0.271 e. The Balaban J connectivity index is 1.63. The summed E-state index contributed by atoms with van der Waals surface area (Å²) in [5, 5.41) is 21.8. The summed E-state index contributed by atoms with van der Waals surface area (Å²) >= 11 is 0. The van der Waals surface area contributed by atoms with Crippen LogP contribution in [0.4, 0.5) is 5.69 Å². The van der Waals surface area contributed by atoms with Crippen molar-refractivity contribution in [3.05, 3.63) is 100.0 Å². The first-order valence-corrected chi connectivity index (χ1v) is 10.8. The summed E-state index contributed by atoms with van der Waals surface area (Å²) in [5.74, 6) is 0.916. The number of nitrogens with zero attached hydrogens (tertiary/aromatic N) is 5. The van der Waals surface area contributed by atoms with E-state index in [-0.39, 0.29) is 10.6 Å². The Morgan fingerprint density at radius 2 is 1.91 bits per heavy atom. The second-order valence-electron chi connectivity index (χ2n) is 7.96. The highest BCUT2D eigenvalue weighted by Crippen LogP contribution is 2.28. The molecule has 7 heteroatoms. The Morgan fingerprint density at radius 3 is 2.70 bits per heavy atom. The lowest BCUT2D eigenvalue weighted by Gasteiger charge is -2.12. The average molecular weight is 435 g/mol. The van der Waals surface area contributed by atoms with Crippen molar-refractivity contribution in [3.63, 3.8) is 0 Å². The van der Waals surface area contributed by atoms with E-state index in [1.165, 1.54) is 6.07 Å². The van der Waals surface area contributed by atoms with Crippen LogP contribution in [0.5, 0.6) is 0 Å². The molecule has 0 N–H and O–H groups in total. The van der Waals surface area contributed by atoms with Gasteiger partial charge in [0.25, 0.3) is 5.69 Å². The molecule has 0 radical (unpaired) electrons. The number of nitriles is 1. The zero-order valence-electron chi connectivity index (χ0n) is 18.1. The standard InChI is InChI=1S/C26H21N5O2/c1-2-6-26-28-22-15-20(31(32)33)11-12-25(22)30(26)17-19-8-5-10-24-21(19)13-14-29(24)23-9-4-3-7-18(23)16-27/h3-5,7-15H,2,6,17H2,1H3. The van der Waals surface area contributed by atoms with Crippen LogP contribution in [0.2, 0.25) is 0 Å². The lowest BCUT2D eigenvalue weighted by Crippen LogP contribution is -2.05. The molecule has 0 aliphatic rings. The zero-order chi connectivity index (χ0) is 22.9. The molecule has 0 spiro atoms. The highest BCUT2D eigenvalue weighted by Gasteiger charge is 2.16. The summed E-state index contributed by atoms with van der Waals surface area (Å²) in [7, 11) is 0. The maximum atomic E-state index is 11.2. The third kappa shape index (κ3) is 3.52. The summed E-state index contributed by atoms with van der Waals surface area (Å²) in [5.41, 5.74) is 5.18. The Morgan fingerprint density at radius 1 is 1.06 bits per heavy atom. The minimum atomic E-state index is -0.388. The Kier molecular flexibility index (Phi) is 5.11. The Bertz CT molecular complexity index is 1550. The molecule has 0 aliphatic heterocycles. The molecule has 0 saturated heterocycles. The van der Waals surface area contributed by atoms with Gasteiger partial charge in [0.05, 0.1) is 39.3 Å². The van der Waals surface area contributed by atoms with E-state index in [0.29, 0.717) is 17.6 Å². The number of imidazole rings is 1. The first kappa shape index (κ1) is 20.5. The zero-order valence-corrected chi connectivity index (χ0v) is 18.1. The molecule has 5 rings (SSSR count). The number of non-ortho nitro benzene ring substituents is 1. The van der Waals surface area contributed by atoms with Gasteiger partial charge in [0.2, 0.25) is 0 Å². The van der Waals surface area contributed by atoms with E-state index in [9.17, 15) is 15.4 Å². The van der Waals surface area contributed by atoms with E-state index >= 15 is 0 Å². The van der Waals surface area contributed by atoms with E-state index < -0.39 is 0 Å². The minimum Gasteiger partial charge on any atom is -0.323 e. The molecule has 33 heavy (non-hydrogen) atoms. The van der Waals surface area contributed by atoms with Gasteiger partial charge in [-0.2, -0.15) is 5.26 Å². The number of nitro benzene ring substituents is 1. The quantitative estimate of drug-likeness (QED) is 0.250. The number of fused-ring (bicyclic) bond motifs is 2. The molecule has 0 fully saturated rings. The molecule has 5 aromatic rings. The van der Waals surface area contributed by atoms with Crippen LogP contribution >= 0.6 is 0 Å². The number of hydrogen-bond donors (Lipinski definition) is 0. The first-order valence-electron chi connectivity index (χ1n) is 10.8. The van der Waals surface area contributed by atoms with E-state index in [4.69, 9.17) is 4.98 Å². The molecule has 0 aliphatic carbocycles. The van der Waals surface area contributed by atoms with Gasteiger partial charge in [0.1, 0.15) is 11.9 Å². The van der Waals surface area contributed by atoms with Gasteiger partial charge in [0, 0.05) is 30.1 Å². The maximum absolute atomic E-state index is 11.2. The van der Waals surface area contributed by atoms with Crippen LogP contribution in [0.3, 0.4) is 0 Å². The fraction of sp³-hybridized carbons (Fsp3) is 0.154. The van der Waals surface area contributed by atoms with Crippen LogP contribution in [0.15, 0.2) is 72.9 Å². The number of benzene rings is 3. The van der Waals surface area contributed by atoms with Gasteiger partial charge in [-0.15, -0.1) is 0 Å². The van der Waals surface area contributed by atoms with Gasteiger partial charge in [-0.05, 0) is 42.3 Å². The van der Waals surface area contributed by atoms with Gasteiger partial charge in [-0.25, -0.2) is 4.98 Å². The van der Waals surface area contributed by atoms with Crippen LogP contribution in [-0.2, 0) is 13.0 Å². The molecule has 0 bridgehead atoms. The highest BCUT2D eigenvalue weighted by atomic mass is 16.6. The summed E-state index contributed by atoms with van der Waals surface area (Å²) in [4.78, 5) is 15.5. The third-order valence-electron chi connectivity index (χ3n) is 5.93. The molecular weight excluding hydrogens is 414 g/mol. The van der Waals surface area contributed by atoms with Crippen molar-refractivity contribution in [3.8, 4) is 11.8 Å². The number of aryl methyl sites for hydroxylation is 1. The second-order valence-corrected chi connectivity index (χ2v) is 7.96. The van der Waals surface area contributed by atoms with Gasteiger partial charge < -0.3 is 9.13 Å². The summed E-state index contributed by atoms with van der Waals surface area (Å²) in [6.07, 6.45) is 3.71. The monoisotopic (exact) mass is 435 g/mol. The van der Waals surface area contributed by atoms with Gasteiger partial charge in [-0.3, -0.25) is 10.1 Å². The Hall–Kier alpha value is -4.44. The van der Waals surface area contributed by atoms with Crippen molar-refractivity contribution in [1.82, 2.24) is 14.1 Å². The van der Waals surface area contributed by atoms with Crippen molar-refractivity contribution < 1.29 is 4.92 Å². The summed E-state index contributed by atoms with van der Waals surface area (Å²) in [6.45, 7) is 2.70. The van der Waals surface area contributed by atoms with Crippen LogP contribution in [0.25, 0.3) is 27.6 Å². The molecule has 0 saturated carbocycles. The molecule has 3 aromatic carbocycles. The summed E-state index contributed by atoms with van der Waals surface area (Å²) in [6, 6.07) is 22.9. The fourth-order valence-corrected chi connectivity index (χ4v) is 4.40. The first-order chi connectivity index (χ1) is 16.1. The predicted molar refractivity (Wildman–Crippen MR) is 127 cm³/mol. The lowest BCUT2D eigenvalue weighted by molar-refractivity contribution is -0.384. The molecule has 0 amide bonds. The van der Waals surface area contributed by atoms with Crippen molar-refractivity contribution in [2.45, 2.75) is 26.3 Å². The molecule has 2 heterocycles. The van der Waals surface area contributed by atoms with Gasteiger partial charge in [-0.1, -0.05) is 31.2 Å². The predicted octanol–water partition coefficient (Wildman–Crippen LogP) is 5.76. The van der Waals surface area contributed by atoms with Crippen LogP contribution in [0.1, 0.15) is 30.3 Å². The van der Waals surface area contributed by atoms with Crippen LogP contribution < -0.4 is 0 Å². The number of hydrogen-bond acceptors (Lipinski definition) is 4. The molecule has 0 unspecified atom stereocenters. The van der Waals surface area contributed by atoms with Gasteiger partial charge >= 0.3 is 0 Å². The minimum absolute atomic E-state index is 0.0468. The Labute approximate surface area is 190 Å². The van der Waals surface area contributed by atoms with E-state index in [1.54, 1.807) is 12.1 Å². The number of aromatic nitrogens is 3. The van der Waals surface area contributed by atoms with E-state index in [2.05, 4.69) is 35.8 Å². The van der Waals surface area contributed by atoms with Crippen molar-refractivity contribution in [2.75, 3.05) is 0 Å². The molecule has 162 valence electrons. The van der Waals surface area contributed by atoms with Crippen molar-refractivity contribution in [2.24, 2.45) is 0 Å². The second kappa shape index (κ2) is 8.24. The molecular formula is C26H21N5O2. The SMILES string of the molecule is CCCc1nc2cc([N+](=O)[O-])ccc2n1Cc1cccc2c1ccn2-c1ccccc1C#N. The summed E-state index contributed by atoms with van der Waals surface area (Å²) < 4.78 is 4.19. The van der Waals surface area contributed by atoms with E-state index in [1.807, 2.05) is 41.1 Å². The lowest BCUT2D eigenvalue weighted by atomic mass is 10.1. The molecule has 0 atom stereocenters. The highest BCUT2D eigenvalue weighted by molar-refractivity contribution is 5.86. The third-order valence-corrected chi connectivity index (χ3v) is 5.93. The van der Waals surface area contributed by atoms with E-state index in [0.717, 1.165) is 46.3 Å². The van der Waals surface area contributed by atoms with Crippen LogP contribution in [-0.4, -0.2) is 19.0 Å². The van der Waals surface area contributed by atoms with Crippen molar-refractivity contribution >= 4 is 27.6 Å². The fourth-order valence-electron chi connectivity index (χ4n) is 4.40. The molecule has 2 aromatic heterocycles. The van der Waals surface area contributed by atoms with Crippen LogP contribution in [0, 0.1) is 21.4 Å².